The van der Waals surface area contributed by atoms with Crippen molar-refractivity contribution in [1.29, 1.82) is 0 Å². The number of ether oxygens (including phenoxy) is 1. The summed E-state index contributed by atoms with van der Waals surface area (Å²) in [5.41, 5.74) is 0.841. The third kappa shape index (κ3) is 3.08. The lowest BCUT2D eigenvalue weighted by atomic mass is 10.2. The van der Waals surface area contributed by atoms with E-state index >= 15 is 0 Å². The van der Waals surface area contributed by atoms with Gasteiger partial charge in [-0.2, -0.15) is 0 Å². The molecule has 0 atom stereocenters. The molecule has 0 amide bonds. The highest BCUT2D eigenvalue weighted by atomic mass is 79.9. The summed E-state index contributed by atoms with van der Waals surface area (Å²) in [5.74, 6) is -0.246. The van der Waals surface area contributed by atoms with Crippen molar-refractivity contribution in [2.45, 2.75) is 26.6 Å². The maximum Gasteiger partial charge on any atom is 0.137 e. The molecular weight excluding hydrogens is 235 g/mol. The van der Waals surface area contributed by atoms with Gasteiger partial charge in [-0.15, -0.1) is 0 Å². The van der Waals surface area contributed by atoms with Gasteiger partial charge in [0.25, 0.3) is 0 Å². The second-order valence-corrected chi connectivity index (χ2v) is 3.87. The lowest BCUT2D eigenvalue weighted by molar-refractivity contribution is 0.0652. The molecule has 0 fully saturated rings. The predicted octanol–water partition coefficient (Wildman–Crippen LogP) is 3.51. The summed E-state index contributed by atoms with van der Waals surface area (Å²) in [6.45, 7) is 4.34. The summed E-state index contributed by atoms with van der Waals surface area (Å²) in [5, 5.41) is 0. The van der Waals surface area contributed by atoms with Crippen molar-refractivity contribution in [1.82, 2.24) is 0 Å². The van der Waals surface area contributed by atoms with E-state index in [0.717, 1.165) is 5.56 Å². The number of benzene rings is 1. The Hall–Kier alpha value is -0.410. The van der Waals surface area contributed by atoms with Crippen LogP contribution >= 0.6 is 15.9 Å². The summed E-state index contributed by atoms with van der Waals surface area (Å²) < 4.78 is 18.9. The van der Waals surface area contributed by atoms with E-state index < -0.39 is 0 Å². The van der Waals surface area contributed by atoms with Crippen molar-refractivity contribution < 1.29 is 9.13 Å². The van der Waals surface area contributed by atoms with Gasteiger partial charge in [0.2, 0.25) is 0 Å². The Morgan fingerprint density at radius 1 is 1.46 bits per heavy atom. The molecule has 72 valence electrons. The van der Waals surface area contributed by atoms with Crippen LogP contribution in [0.2, 0.25) is 0 Å². The molecule has 0 spiro atoms. The number of halogens is 2. The Bertz CT molecular complexity index is 286. The largest absolute Gasteiger partial charge is 0.374 e. The molecule has 1 nitrogen and oxygen atoms in total. The van der Waals surface area contributed by atoms with Crippen molar-refractivity contribution in [2.24, 2.45) is 0 Å². The molecule has 1 aromatic rings. The fraction of sp³-hybridized carbons (Fsp3) is 0.400. The van der Waals surface area contributed by atoms with Gasteiger partial charge < -0.3 is 4.74 Å². The minimum atomic E-state index is -0.246. The second-order valence-electron chi connectivity index (χ2n) is 3.07. The molecule has 0 N–H and O–H groups in total. The average molecular weight is 247 g/mol. The van der Waals surface area contributed by atoms with Gasteiger partial charge in [-0.25, -0.2) is 4.39 Å². The van der Waals surface area contributed by atoms with Crippen LogP contribution in [0.5, 0.6) is 0 Å². The Balaban J connectivity index is 2.71. The maximum absolute atomic E-state index is 13.0. The highest BCUT2D eigenvalue weighted by molar-refractivity contribution is 9.10. The molecule has 1 aromatic carbocycles. The lowest BCUT2D eigenvalue weighted by Gasteiger charge is -2.09. The number of hydrogen-bond donors (Lipinski definition) is 0. The van der Waals surface area contributed by atoms with E-state index in [0.29, 0.717) is 11.1 Å². The molecule has 0 saturated carbocycles. The van der Waals surface area contributed by atoms with Crippen LogP contribution in [0.4, 0.5) is 4.39 Å². The molecule has 0 aliphatic heterocycles. The van der Waals surface area contributed by atoms with E-state index in [9.17, 15) is 4.39 Å². The third-order valence-electron chi connectivity index (χ3n) is 1.60. The fourth-order valence-corrected chi connectivity index (χ4v) is 1.30. The first kappa shape index (κ1) is 10.7. The normalized spacial score (nSPS) is 10.8. The van der Waals surface area contributed by atoms with E-state index in [1.807, 2.05) is 19.9 Å². The van der Waals surface area contributed by atoms with Gasteiger partial charge in [-0.1, -0.05) is 12.1 Å². The number of rotatable bonds is 3. The first-order valence-electron chi connectivity index (χ1n) is 4.15. The molecule has 0 aromatic heterocycles. The van der Waals surface area contributed by atoms with Gasteiger partial charge in [0.1, 0.15) is 5.82 Å². The molecule has 0 radical (unpaired) electrons. The van der Waals surface area contributed by atoms with Gasteiger partial charge >= 0.3 is 0 Å². The zero-order valence-corrected chi connectivity index (χ0v) is 9.27. The Kier molecular flexibility index (Phi) is 3.88. The first-order chi connectivity index (χ1) is 6.11. The topological polar surface area (TPSA) is 9.23 Å². The van der Waals surface area contributed by atoms with Gasteiger partial charge in [-0.3, -0.25) is 0 Å². The fourth-order valence-electron chi connectivity index (χ4n) is 0.916. The van der Waals surface area contributed by atoms with E-state index in [1.54, 1.807) is 6.07 Å². The quantitative estimate of drug-likeness (QED) is 0.794. The van der Waals surface area contributed by atoms with Crippen molar-refractivity contribution in [2.75, 3.05) is 0 Å². The van der Waals surface area contributed by atoms with Gasteiger partial charge in [0, 0.05) is 0 Å². The van der Waals surface area contributed by atoms with E-state index in [4.69, 9.17) is 4.74 Å². The maximum atomic E-state index is 13.0. The zero-order chi connectivity index (χ0) is 9.84. The van der Waals surface area contributed by atoms with Crippen LogP contribution < -0.4 is 0 Å². The Morgan fingerprint density at radius 2 is 2.15 bits per heavy atom. The van der Waals surface area contributed by atoms with Crippen molar-refractivity contribution in [3.63, 3.8) is 0 Å². The monoisotopic (exact) mass is 246 g/mol. The van der Waals surface area contributed by atoms with Crippen molar-refractivity contribution >= 4 is 15.9 Å². The lowest BCUT2D eigenvalue weighted by Crippen LogP contribution is -2.03. The Morgan fingerprint density at radius 3 is 2.77 bits per heavy atom. The third-order valence-corrected chi connectivity index (χ3v) is 2.49. The standard InChI is InChI=1S/C10H12BrFO/c1-7(2)13-6-8-4-3-5-9(12)10(8)11/h3-5,7H,6H2,1-2H3. The first-order valence-corrected chi connectivity index (χ1v) is 4.95. The minimum Gasteiger partial charge on any atom is -0.374 e. The number of hydrogen-bond acceptors (Lipinski definition) is 1. The van der Waals surface area contributed by atoms with Crippen LogP contribution in [-0.2, 0) is 11.3 Å². The minimum absolute atomic E-state index is 0.162. The highest BCUT2D eigenvalue weighted by Crippen LogP contribution is 2.21. The zero-order valence-electron chi connectivity index (χ0n) is 7.68. The highest BCUT2D eigenvalue weighted by Gasteiger charge is 2.05. The van der Waals surface area contributed by atoms with Gasteiger partial charge in [0.15, 0.2) is 0 Å². The smallest absolute Gasteiger partial charge is 0.137 e. The summed E-state index contributed by atoms with van der Waals surface area (Å²) in [4.78, 5) is 0. The summed E-state index contributed by atoms with van der Waals surface area (Å²) in [6.07, 6.45) is 0.162. The Labute approximate surface area is 86.0 Å². The van der Waals surface area contributed by atoms with Crippen molar-refractivity contribution in [3.05, 3.63) is 34.1 Å². The van der Waals surface area contributed by atoms with Crippen LogP contribution in [0.1, 0.15) is 19.4 Å². The van der Waals surface area contributed by atoms with Gasteiger partial charge in [0.05, 0.1) is 17.2 Å². The molecule has 13 heavy (non-hydrogen) atoms. The molecule has 3 heteroatoms. The summed E-state index contributed by atoms with van der Waals surface area (Å²) in [7, 11) is 0. The molecule has 0 saturated heterocycles. The van der Waals surface area contributed by atoms with Crippen molar-refractivity contribution in [3.8, 4) is 0 Å². The molecule has 0 unspecified atom stereocenters. The van der Waals surface area contributed by atoms with E-state index in [2.05, 4.69) is 15.9 Å². The summed E-state index contributed by atoms with van der Waals surface area (Å²) in [6, 6.07) is 4.94. The SMILES string of the molecule is CC(C)OCc1cccc(F)c1Br. The molecular formula is C10H12BrFO. The molecule has 1 rings (SSSR count). The van der Waals surface area contributed by atoms with Gasteiger partial charge in [-0.05, 0) is 41.4 Å². The summed E-state index contributed by atoms with van der Waals surface area (Å²) >= 11 is 3.18. The molecule has 0 heterocycles. The van der Waals surface area contributed by atoms with Crippen LogP contribution in [0, 0.1) is 5.82 Å². The van der Waals surface area contributed by atoms with E-state index in [-0.39, 0.29) is 11.9 Å². The average Bonchev–Trinajstić information content (AvgIpc) is 2.07. The van der Waals surface area contributed by atoms with Crippen LogP contribution in [0.3, 0.4) is 0 Å². The predicted molar refractivity (Wildman–Crippen MR) is 54.0 cm³/mol. The second kappa shape index (κ2) is 4.72. The van der Waals surface area contributed by atoms with Crippen LogP contribution in [-0.4, -0.2) is 6.10 Å². The van der Waals surface area contributed by atoms with Crippen LogP contribution in [0.15, 0.2) is 22.7 Å². The molecule has 0 aliphatic carbocycles. The molecule has 0 bridgehead atoms. The van der Waals surface area contributed by atoms with E-state index in [1.165, 1.54) is 6.07 Å². The molecule has 0 aliphatic rings. The van der Waals surface area contributed by atoms with Crippen LogP contribution in [0.25, 0.3) is 0 Å².